The topological polar surface area (TPSA) is 31.4 Å². The van der Waals surface area contributed by atoms with Crippen molar-refractivity contribution in [1.82, 2.24) is 14.8 Å². The van der Waals surface area contributed by atoms with Crippen molar-refractivity contribution in [1.29, 1.82) is 0 Å². The number of pyridine rings is 1. The predicted molar refractivity (Wildman–Crippen MR) is 93.7 cm³/mol. The van der Waals surface area contributed by atoms with Crippen LogP contribution >= 0.6 is 12.2 Å². The molecule has 1 aromatic carbocycles. The van der Waals surface area contributed by atoms with E-state index in [4.69, 9.17) is 12.2 Å². The number of rotatable bonds is 3. The van der Waals surface area contributed by atoms with E-state index in [2.05, 4.69) is 20.1 Å². The van der Waals surface area contributed by atoms with Crippen LogP contribution in [-0.4, -0.2) is 46.1 Å². The monoisotopic (exact) mass is 330 g/mol. The van der Waals surface area contributed by atoms with Gasteiger partial charge in [-0.15, -0.1) is 0 Å². The van der Waals surface area contributed by atoms with E-state index in [0.29, 0.717) is 5.11 Å². The maximum Gasteiger partial charge on any atom is 0.173 e. The van der Waals surface area contributed by atoms with Crippen LogP contribution in [0.1, 0.15) is 5.69 Å². The second kappa shape index (κ2) is 7.48. The number of benzene rings is 1. The molecule has 1 saturated heterocycles. The average molecular weight is 330 g/mol. The van der Waals surface area contributed by atoms with E-state index < -0.39 is 0 Å². The highest BCUT2D eigenvalue weighted by Gasteiger charge is 2.19. The van der Waals surface area contributed by atoms with E-state index in [1.165, 1.54) is 12.1 Å². The Morgan fingerprint density at radius 2 is 1.83 bits per heavy atom. The van der Waals surface area contributed by atoms with Crippen molar-refractivity contribution in [3.8, 4) is 0 Å². The van der Waals surface area contributed by atoms with Gasteiger partial charge in [-0.05, 0) is 48.6 Å². The minimum atomic E-state index is -0.246. The minimum Gasteiger partial charge on any atom is -0.346 e. The molecule has 4 nitrogen and oxygen atoms in total. The smallest absolute Gasteiger partial charge is 0.173 e. The van der Waals surface area contributed by atoms with E-state index in [-0.39, 0.29) is 5.82 Å². The first-order valence-corrected chi connectivity index (χ1v) is 8.05. The summed E-state index contributed by atoms with van der Waals surface area (Å²) in [4.78, 5) is 8.89. The lowest BCUT2D eigenvalue weighted by Crippen LogP contribution is -2.49. The molecule has 1 aliphatic heterocycles. The van der Waals surface area contributed by atoms with E-state index in [1.54, 1.807) is 12.1 Å². The molecule has 0 aliphatic carbocycles. The van der Waals surface area contributed by atoms with Crippen LogP contribution in [0, 0.1) is 5.82 Å². The second-order valence-corrected chi connectivity index (χ2v) is 5.91. The molecule has 6 heteroatoms. The number of hydrogen-bond acceptors (Lipinski definition) is 3. The zero-order valence-corrected chi connectivity index (χ0v) is 13.6. The molecule has 120 valence electrons. The first-order valence-electron chi connectivity index (χ1n) is 7.64. The Labute approximate surface area is 140 Å². The molecule has 2 heterocycles. The molecular weight excluding hydrogens is 311 g/mol. The van der Waals surface area contributed by atoms with Gasteiger partial charge in [-0.1, -0.05) is 6.07 Å². The summed E-state index contributed by atoms with van der Waals surface area (Å²) >= 11 is 5.45. The summed E-state index contributed by atoms with van der Waals surface area (Å²) in [5, 5.41) is 3.85. The fourth-order valence-electron chi connectivity index (χ4n) is 2.57. The van der Waals surface area contributed by atoms with E-state index >= 15 is 0 Å². The van der Waals surface area contributed by atoms with Gasteiger partial charge in [-0.2, -0.15) is 0 Å². The average Bonchev–Trinajstić information content (AvgIpc) is 2.58. The molecule has 1 N–H and O–H groups in total. The molecule has 1 fully saturated rings. The van der Waals surface area contributed by atoms with Crippen LogP contribution in [-0.2, 0) is 6.54 Å². The van der Waals surface area contributed by atoms with Crippen LogP contribution in [0.2, 0.25) is 0 Å². The van der Waals surface area contributed by atoms with Crippen molar-refractivity contribution in [3.05, 3.63) is 60.2 Å². The van der Waals surface area contributed by atoms with Crippen molar-refractivity contribution in [2.24, 2.45) is 0 Å². The molecule has 0 bridgehead atoms. The van der Waals surface area contributed by atoms with Crippen LogP contribution in [0.15, 0.2) is 48.7 Å². The Balaban J connectivity index is 1.48. The standard InChI is InChI=1S/C17H19FN4S/c18-14-4-6-15(7-5-14)20-17(23)22-11-9-21(10-12-22)13-16-3-1-2-8-19-16/h1-8H,9-13H2,(H,20,23). The van der Waals surface area contributed by atoms with Crippen LogP contribution in [0.4, 0.5) is 10.1 Å². The molecule has 1 aliphatic rings. The van der Waals surface area contributed by atoms with Crippen LogP contribution in [0.3, 0.4) is 0 Å². The van der Waals surface area contributed by atoms with Gasteiger partial charge in [0.25, 0.3) is 0 Å². The van der Waals surface area contributed by atoms with Gasteiger partial charge in [0.2, 0.25) is 0 Å². The molecule has 0 saturated carbocycles. The first kappa shape index (κ1) is 15.8. The molecule has 0 radical (unpaired) electrons. The summed E-state index contributed by atoms with van der Waals surface area (Å²) < 4.78 is 12.9. The summed E-state index contributed by atoms with van der Waals surface area (Å²) in [6, 6.07) is 12.2. The number of thiocarbonyl (C=S) groups is 1. The van der Waals surface area contributed by atoms with Crippen molar-refractivity contribution in [3.63, 3.8) is 0 Å². The third-order valence-electron chi connectivity index (χ3n) is 3.87. The lowest BCUT2D eigenvalue weighted by Gasteiger charge is -2.36. The third-order valence-corrected chi connectivity index (χ3v) is 4.23. The summed E-state index contributed by atoms with van der Waals surface area (Å²) in [5.41, 5.74) is 1.90. The molecular formula is C17H19FN4S. The zero-order chi connectivity index (χ0) is 16.1. The number of halogens is 1. The lowest BCUT2D eigenvalue weighted by atomic mass is 10.2. The molecule has 0 amide bonds. The minimum absolute atomic E-state index is 0.246. The number of anilines is 1. The second-order valence-electron chi connectivity index (χ2n) is 5.52. The number of hydrogen-bond donors (Lipinski definition) is 1. The lowest BCUT2D eigenvalue weighted by molar-refractivity contribution is 0.175. The van der Waals surface area contributed by atoms with Gasteiger partial charge in [-0.3, -0.25) is 9.88 Å². The molecule has 3 rings (SSSR count). The summed E-state index contributed by atoms with van der Waals surface area (Å²) in [6.07, 6.45) is 1.83. The van der Waals surface area contributed by atoms with Gasteiger partial charge in [0, 0.05) is 44.6 Å². The number of piperazine rings is 1. The van der Waals surface area contributed by atoms with Crippen LogP contribution < -0.4 is 5.32 Å². The zero-order valence-electron chi connectivity index (χ0n) is 12.8. The number of nitrogens with one attached hydrogen (secondary N) is 1. The molecule has 1 aromatic heterocycles. The number of nitrogens with zero attached hydrogens (tertiary/aromatic N) is 3. The van der Waals surface area contributed by atoms with Crippen molar-refractivity contribution < 1.29 is 4.39 Å². The summed E-state index contributed by atoms with van der Waals surface area (Å²) in [7, 11) is 0. The highest BCUT2D eigenvalue weighted by atomic mass is 32.1. The van der Waals surface area contributed by atoms with Gasteiger partial charge in [0.05, 0.1) is 5.69 Å². The van der Waals surface area contributed by atoms with Gasteiger partial charge < -0.3 is 10.2 Å². The fraction of sp³-hybridized carbons (Fsp3) is 0.294. The van der Waals surface area contributed by atoms with E-state index in [0.717, 1.165) is 44.1 Å². The maximum atomic E-state index is 12.9. The quantitative estimate of drug-likeness (QED) is 0.875. The van der Waals surface area contributed by atoms with Gasteiger partial charge >= 0.3 is 0 Å². The van der Waals surface area contributed by atoms with Crippen molar-refractivity contribution in [2.45, 2.75) is 6.54 Å². The van der Waals surface area contributed by atoms with Gasteiger partial charge in [0.15, 0.2) is 5.11 Å². The highest BCUT2D eigenvalue weighted by molar-refractivity contribution is 7.80. The Hall–Kier alpha value is -2.05. The Morgan fingerprint density at radius 3 is 2.48 bits per heavy atom. The largest absolute Gasteiger partial charge is 0.346 e. The predicted octanol–water partition coefficient (Wildman–Crippen LogP) is 2.74. The summed E-state index contributed by atoms with van der Waals surface area (Å²) in [6.45, 7) is 4.51. The fourth-order valence-corrected chi connectivity index (χ4v) is 2.87. The highest BCUT2D eigenvalue weighted by Crippen LogP contribution is 2.12. The molecule has 23 heavy (non-hydrogen) atoms. The molecule has 0 atom stereocenters. The molecule has 2 aromatic rings. The van der Waals surface area contributed by atoms with Crippen LogP contribution in [0.25, 0.3) is 0 Å². The SMILES string of the molecule is Fc1ccc(NC(=S)N2CCN(Cc3ccccn3)CC2)cc1. The summed E-state index contributed by atoms with van der Waals surface area (Å²) in [5.74, 6) is -0.246. The first-order chi connectivity index (χ1) is 11.2. The molecule has 0 spiro atoms. The Kier molecular flexibility index (Phi) is 5.15. The Morgan fingerprint density at radius 1 is 1.09 bits per heavy atom. The van der Waals surface area contributed by atoms with E-state index in [1.807, 2.05) is 24.4 Å². The van der Waals surface area contributed by atoms with Gasteiger partial charge in [-0.25, -0.2) is 4.39 Å². The maximum absolute atomic E-state index is 12.9. The Bertz CT molecular complexity index is 639. The normalized spacial score (nSPS) is 15.4. The van der Waals surface area contributed by atoms with Crippen molar-refractivity contribution >= 4 is 23.0 Å². The molecule has 0 unspecified atom stereocenters. The van der Waals surface area contributed by atoms with Gasteiger partial charge in [0.1, 0.15) is 5.82 Å². The number of aromatic nitrogens is 1. The van der Waals surface area contributed by atoms with Crippen LogP contribution in [0.5, 0.6) is 0 Å². The van der Waals surface area contributed by atoms with E-state index in [9.17, 15) is 4.39 Å². The van der Waals surface area contributed by atoms with Crippen molar-refractivity contribution in [2.75, 3.05) is 31.5 Å². The third kappa shape index (κ3) is 4.46.